The molecule has 0 aliphatic carbocycles. The molecule has 7 nitrogen and oxygen atoms in total. The number of fused-ring (bicyclic) bond motifs is 1. The number of hydrogen-bond donors (Lipinski definition) is 0. The second-order valence-corrected chi connectivity index (χ2v) is 8.14. The molecule has 3 aromatic rings. The van der Waals surface area contributed by atoms with Crippen LogP contribution < -0.4 is 9.80 Å². The van der Waals surface area contributed by atoms with Crippen molar-refractivity contribution in [2.45, 2.75) is 12.8 Å². The standard InChI is InChI=1S/C23H25FN6O/c24-18-1-3-19(4-2-18)29-11-13-30(14-12-29)23(31)17-5-9-28(10-6-17)20-15-21-22(27-16-20)26-8-7-25-21/h1-4,7-8,15-17H,5-6,9-14H2. The number of piperazine rings is 1. The van der Waals surface area contributed by atoms with E-state index in [1.165, 1.54) is 12.1 Å². The van der Waals surface area contributed by atoms with Gasteiger partial charge in [0.25, 0.3) is 0 Å². The highest BCUT2D eigenvalue weighted by Crippen LogP contribution is 2.26. The molecule has 2 aliphatic rings. The van der Waals surface area contributed by atoms with Gasteiger partial charge in [0.2, 0.25) is 5.91 Å². The van der Waals surface area contributed by atoms with Gasteiger partial charge in [0.1, 0.15) is 11.3 Å². The fraction of sp³-hybridized carbons (Fsp3) is 0.391. The van der Waals surface area contributed by atoms with Crippen LogP contribution in [0.4, 0.5) is 15.8 Å². The molecule has 0 N–H and O–H groups in total. The monoisotopic (exact) mass is 420 g/mol. The van der Waals surface area contributed by atoms with Gasteiger partial charge in [0.05, 0.1) is 11.9 Å². The lowest BCUT2D eigenvalue weighted by Gasteiger charge is -2.39. The Kier molecular flexibility index (Phi) is 5.36. The summed E-state index contributed by atoms with van der Waals surface area (Å²) in [7, 11) is 0. The van der Waals surface area contributed by atoms with E-state index >= 15 is 0 Å². The van der Waals surface area contributed by atoms with Gasteiger partial charge >= 0.3 is 0 Å². The van der Waals surface area contributed by atoms with E-state index in [0.29, 0.717) is 18.7 Å². The second-order valence-electron chi connectivity index (χ2n) is 8.14. The lowest BCUT2D eigenvalue weighted by Crippen LogP contribution is -2.51. The molecule has 0 saturated carbocycles. The maximum absolute atomic E-state index is 13.1. The molecule has 8 heteroatoms. The molecule has 4 heterocycles. The molecule has 1 amide bonds. The Bertz CT molecular complexity index is 1060. The average Bonchev–Trinajstić information content (AvgIpc) is 2.84. The Hall–Kier alpha value is -3.29. The molecule has 2 saturated heterocycles. The first-order valence-corrected chi connectivity index (χ1v) is 10.8. The topological polar surface area (TPSA) is 65.5 Å². The molecule has 5 rings (SSSR count). The molecule has 0 bridgehead atoms. The van der Waals surface area contributed by atoms with Crippen molar-refractivity contribution in [2.75, 3.05) is 49.1 Å². The van der Waals surface area contributed by atoms with Crippen molar-refractivity contribution in [3.05, 3.63) is 54.7 Å². The zero-order valence-corrected chi connectivity index (χ0v) is 17.3. The summed E-state index contributed by atoms with van der Waals surface area (Å²) in [6, 6.07) is 8.59. The number of amides is 1. The zero-order valence-electron chi connectivity index (χ0n) is 17.3. The van der Waals surface area contributed by atoms with Crippen LogP contribution in [0.15, 0.2) is 48.9 Å². The number of rotatable bonds is 3. The highest BCUT2D eigenvalue weighted by atomic mass is 19.1. The van der Waals surface area contributed by atoms with Crippen molar-refractivity contribution in [1.29, 1.82) is 0 Å². The van der Waals surface area contributed by atoms with Crippen molar-refractivity contribution in [1.82, 2.24) is 19.9 Å². The highest BCUT2D eigenvalue weighted by Gasteiger charge is 2.30. The summed E-state index contributed by atoms with van der Waals surface area (Å²) in [4.78, 5) is 32.5. The molecule has 0 spiro atoms. The van der Waals surface area contributed by atoms with Gasteiger partial charge in [-0.1, -0.05) is 0 Å². The first kappa shape index (κ1) is 19.7. The Labute approximate surface area is 180 Å². The van der Waals surface area contributed by atoms with Crippen molar-refractivity contribution in [3.8, 4) is 0 Å². The summed E-state index contributed by atoms with van der Waals surface area (Å²) < 4.78 is 13.1. The predicted octanol–water partition coefficient (Wildman–Crippen LogP) is 2.73. The number of benzene rings is 1. The van der Waals surface area contributed by atoms with Crippen LogP contribution >= 0.6 is 0 Å². The molecule has 1 aromatic carbocycles. The quantitative estimate of drug-likeness (QED) is 0.649. The third kappa shape index (κ3) is 4.15. The van der Waals surface area contributed by atoms with E-state index < -0.39 is 0 Å². The number of halogens is 1. The minimum Gasteiger partial charge on any atom is -0.370 e. The summed E-state index contributed by atoms with van der Waals surface area (Å²) in [5.74, 6) is 0.110. The van der Waals surface area contributed by atoms with E-state index in [4.69, 9.17) is 0 Å². The SMILES string of the molecule is O=C(C1CCN(c2cnc3nccnc3c2)CC1)N1CCN(c2ccc(F)cc2)CC1. The van der Waals surface area contributed by atoms with Crippen LogP contribution in [0.5, 0.6) is 0 Å². The first-order chi connectivity index (χ1) is 15.2. The lowest BCUT2D eigenvalue weighted by atomic mass is 9.94. The zero-order chi connectivity index (χ0) is 21.2. The molecule has 0 unspecified atom stereocenters. The van der Waals surface area contributed by atoms with E-state index in [-0.39, 0.29) is 17.6 Å². The van der Waals surface area contributed by atoms with E-state index in [2.05, 4.69) is 24.8 Å². The van der Waals surface area contributed by atoms with Gasteiger partial charge in [-0.2, -0.15) is 0 Å². The van der Waals surface area contributed by atoms with Gasteiger partial charge < -0.3 is 14.7 Å². The van der Waals surface area contributed by atoms with Crippen LogP contribution in [0, 0.1) is 11.7 Å². The van der Waals surface area contributed by atoms with E-state index in [1.54, 1.807) is 24.5 Å². The molecule has 2 aliphatic heterocycles. The molecule has 0 radical (unpaired) electrons. The van der Waals surface area contributed by atoms with Crippen LogP contribution in [-0.4, -0.2) is 65.0 Å². The molecule has 160 valence electrons. The molecule has 0 atom stereocenters. The minimum atomic E-state index is -0.226. The van der Waals surface area contributed by atoms with Gasteiger partial charge in [0, 0.05) is 63.3 Å². The van der Waals surface area contributed by atoms with Crippen LogP contribution in [0.25, 0.3) is 11.2 Å². The van der Waals surface area contributed by atoms with Crippen molar-refractivity contribution >= 4 is 28.4 Å². The Morgan fingerprint density at radius 2 is 1.52 bits per heavy atom. The Morgan fingerprint density at radius 3 is 2.26 bits per heavy atom. The number of hydrogen-bond acceptors (Lipinski definition) is 6. The number of nitrogens with zero attached hydrogens (tertiary/aromatic N) is 6. The summed E-state index contributed by atoms with van der Waals surface area (Å²) in [5.41, 5.74) is 3.48. The molecular formula is C23H25FN6O. The predicted molar refractivity (Wildman–Crippen MR) is 117 cm³/mol. The van der Waals surface area contributed by atoms with Crippen molar-refractivity contribution < 1.29 is 9.18 Å². The molecule has 2 fully saturated rings. The van der Waals surface area contributed by atoms with Crippen LogP contribution in [-0.2, 0) is 4.79 Å². The smallest absolute Gasteiger partial charge is 0.225 e. The average molecular weight is 420 g/mol. The lowest BCUT2D eigenvalue weighted by molar-refractivity contribution is -0.136. The third-order valence-electron chi connectivity index (χ3n) is 6.30. The van der Waals surface area contributed by atoms with Crippen molar-refractivity contribution in [2.24, 2.45) is 5.92 Å². The number of carbonyl (C=O) groups excluding carboxylic acids is 1. The third-order valence-corrected chi connectivity index (χ3v) is 6.30. The highest BCUT2D eigenvalue weighted by molar-refractivity contribution is 5.80. The maximum Gasteiger partial charge on any atom is 0.225 e. The van der Waals surface area contributed by atoms with Gasteiger partial charge in [-0.25, -0.2) is 14.4 Å². The Balaban J connectivity index is 1.15. The van der Waals surface area contributed by atoms with Crippen molar-refractivity contribution in [3.63, 3.8) is 0 Å². The minimum absolute atomic E-state index is 0.0711. The number of aromatic nitrogens is 3. The summed E-state index contributed by atoms with van der Waals surface area (Å²) in [5, 5.41) is 0. The summed E-state index contributed by atoms with van der Waals surface area (Å²) in [6.07, 6.45) is 6.85. The number of anilines is 2. The van der Waals surface area contributed by atoms with Gasteiger partial charge in [-0.3, -0.25) is 9.78 Å². The Morgan fingerprint density at radius 1 is 0.839 bits per heavy atom. The van der Waals surface area contributed by atoms with Crippen LogP contribution in [0.2, 0.25) is 0 Å². The van der Waals surface area contributed by atoms with Gasteiger partial charge in [-0.05, 0) is 43.2 Å². The first-order valence-electron chi connectivity index (χ1n) is 10.8. The normalized spacial score (nSPS) is 17.9. The fourth-order valence-corrected chi connectivity index (χ4v) is 4.50. The number of piperidine rings is 1. The van der Waals surface area contributed by atoms with Crippen LogP contribution in [0.1, 0.15) is 12.8 Å². The summed E-state index contributed by atoms with van der Waals surface area (Å²) >= 11 is 0. The molecular weight excluding hydrogens is 395 g/mol. The van der Waals surface area contributed by atoms with E-state index in [9.17, 15) is 9.18 Å². The van der Waals surface area contributed by atoms with Crippen LogP contribution in [0.3, 0.4) is 0 Å². The summed E-state index contributed by atoms with van der Waals surface area (Å²) in [6.45, 7) is 4.65. The molecule has 31 heavy (non-hydrogen) atoms. The van der Waals surface area contributed by atoms with E-state index in [0.717, 1.165) is 55.9 Å². The van der Waals surface area contributed by atoms with Gasteiger partial charge in [-0.15, -0.1) is 0 Å². The number of pyridine rings is 1. The largest absolute Gasteiger partial charge is 0.370 e. The van der Waals surface area contributed by atoms with E-state index in [1.807, 2.05) is 17.2 Å². The maximum atomic E-state index is 13.1. The molecule has 2 aromatic heterocycles. The fourth-order valence-electron chi connectivity index (χ4n) is 4.50. The second kappa shape index (κ2) is 8.45. The van der Waals surface area contributed by atoms with Gasteiger partial charge in [0.15, 0.2) is 5.65 Å². The number of carbonyl (C=O) groups is 1.